The molecule has 0 spiro atoms. The highest BCUT2D eigenvalue weighted by molar-refractivity contribution is 5.86. The van der Waals surface area contributed by atoms with Gasteiger partial charge in [0.25, 0.3) is 0 Å². The SMILES string of the molecule is CC(=O)NC(C(=O)NCCC(C)CCC(=O)O)C(C)C. The quantitative estimate of drug-likeness (QED) is 0.592. The van der Waals surface area contributed by atoms with Gasteiger partial charge in [0.2, 0.25) is 11.8 Å². The van der Waals surface area contributed by atoms with Gasteiger partial charge in [0.15, 0.2) is 0 Å². The summed E-state index contributed by atoms with van der Waals surface area (Å²) in [5.41, 5.74) is 0. The average molecular weight is 286 g/mol. The Hall–Kier alpha value is -1.59. The van der Waals surface area contributed by atoms with Crippen molar-refractivity contribution in [2.75, 3.05) is 6.54 Å². The molecular formula is C14H26N2O4. The van der Waals surface area contributed by atoms with Crippen LogP contribution in [0.1, 0.15) is 47.0 Å². The molecule has 0 saturated carbocycles. The molecule has 0 bridgehead atoms. The Bertz CT molecular complexity index is 342. The Morgan fingerprint density at radius 3 is 2.15 bits per heavy atom. The van der Waals surface area contributed by atoms with Crippen molar-refractivity contribution >= 4 is 17.8 Å². The first-order valence-corrected chi connectivity index (χ1v) is 7.00. The van der Waals surface area contributed by atoms with Gasteiger partial charge < -0.3 is 15.7 Å². The minimum atomic E-state index is -0.800. The predicted molar refractivity (Wildman–Crippen MR) is 76.1 cm³/mol. The van der Waals surface area contributed by atoms with Crippen LogP contribution in [0.5, 0.6) is 0 Å². The van der Waals surface area contributed by atoms with Crippen LogP contribution in [0.2, 0.25) is 0 Å². The molecule has 0 aromatic heterocycles. The zero-order valence-electron chi connectivity index (χ0n) is 12.7. The van der Waals surface area contributed by atoms with Crippen LogP contribution in [0.25, 0.3) is 0 Å². The molecule has 2 unspecified atom stereocenters. The van der Waals surface area contributed by atoms with Crippen molar-refractivity contribution in [2.24, 2.45) is 11.8 Å². The van der Waals surface area contributed by atoms with E-state index in [1.165, 1.54) is 6.92 Å². The van der Waals surface area contributed by atoms with Crippen LogP contribution in [0, 0.1) is 11.8 Å². The van der Waals surface area contributed by atoms with Crippen LogP contribution in [-0.4, -0.2) is 35.5 Å². The molecule has 0 radical (unpaired) electrons. The first kappa shape index (κ1) is 18.4. The maximum Gasteiger partial charge on any atom is 0.303 e. The van der Waals surface area contributed by atoms with Gasteiger partial charge in [-0.15, -0.1) is 0 Å². The number of carbonyl (C=O) groups excluding carboxylic acids is 2. The maximum absolute atomic E-state index is 11.9. The standard InChI is InChI=1S/C14H26N2O4/c1-9(2)13(16-11(4)17)14(20)15-8-7-10(3)5-6-12(18)19/h9-10,13H,5-8H2,1-4H3,(H,15,20)(H,16,17)(H,18,19). The Labute approximate surface area is 120 Å². The number of nitrogens with one attached hydrogen (secondary N) is 2. The summed E-state index contributed by atoms with van der Waals surface area (Å²) < 4.78 is 0. The van der Waals surface area contributed by atoms with Gasteiger partial charge in [-0.1, -0.05) is 20.8 Å². The molecule has 6 nitrogen and oxygen atoms in total. The minimum Gasteiger partial charge on any atom is -0.481 e. The van der Waals surface area contributed by atoms with Crippen molar-refractivity contribution in [3.8, 4) is 0 Å². The second-order valence-electron chi connectivity index (χ2n) is 5.54. The van der Waals surface area contributed by atoms with E-state index in [4.69, 9.17) is 5.11 Å². The molecule has 0 aromatic carbocycles. The van der Waals surface area contributed by atoms with Crippen molar-refractivity contribution in [2.45, 2.75) is 53.0 Å². The lowest BCUT2D eigenvalue weighted by Crippen LogP contribution is -2.49. The summed E-state index contributed by atoms with van der Waals surface area (Å²) >= 11 is 0. The third-order valence-electron chi connectivity index (χ3n) is 3.10. The largest absolute Gasteiger partial charge is 0.481 e. The van der Waals surface area contributed by atoms with Gasteiger partial charge in [0.1, 0.15) is 6.04 Å². The lowest BCUT2D eigenvalue weighted by molar-refractivity contribution is -0.137. The van der Waals surface area contributed by atoms with E-state index in [9.17, 15) is 14.4 Å². The summed E-state index contributed by atoms with van der Waals surface area (Å²) in [5, 5.41) is 14.0. The second-order valence-corrected chi connectivity index (χ2v) is 5.54. The molecule has 0 rings (SSSR count). The zero-order chi connectivity index (χ0) is 15.7. The van der Waals surface area contributed by atoms with Crippen molar-refractivity contribution in [3.63, 3.8) is 0 Å². The van der Waals surface area contributed by atoms with Crippen LogP contribution < -0.4 is 10.6 Å². The van der Waals surface area contributed by atoms with Gasteiger partial charge in [-0.25, -0.2) is 0 Å². The number of carboxylic acids is 1. The average Bonchev–Trinajstić information content (AvgIpc) is 2.32. The van der Waals surface area contributed by atoms with Crippen LogP contribution in [0.15, 0.2) is 0 Å². The molecule has 0 aromatic rings. The predicted octanol–water partition coefficient (Wildman–Crippen LogP) is 1.15. The minimum absolute atomic E-state index is 0.0170. The molecule has 3 N–H and O–H groups in total. The third kappa shape index (κ3) is 8.50. The summed E-state index contributed by atoms with van der Waals surface area (Å²) in [4.78, 5) is 33.4. The van der Waals surface area contributed by atoms with Gasteiger partial charge in [-0.2, -0.15) is 0 Å². The molecule has 0 aliphatic rings. The summed E-state index contributed by atoms with van der Waals surface area (Å²) in [6, 6.07) is -0.526. The second kappa shape index (κ2) is 9.34. The van der Waals surface area contributed by atoms with E-state index >= 15 is 0 Å². The number of amides is 2. The fraction of sp³-hybridized carbons (Fsp3) is 0.786. The first-order chi connectivity index (χ1) is 9.23. The molecule has 0 saturated heterocycles. The van der Waals surface area contributed by atoms with Gasteiger partial charge in [0.05, 0.1) is 0 Å². The molecule has 116 valence electrons. The summed E-state index contributed by atoms with van der Waals surface area (Å²) in [6.45, 7) is 7.58. The number of carbonyl (C=O) groups is 3. The topological polar surface area (TPSA) is 95.5 Å². The van der Waals surface area contributed by atoms with Crippen molar-refractivity contribution in [1.82, 2.24) is 10.6 Å². The van der Waals surface area contributed by atoms with Crippen LogP contribution in [0.4, 0.5) is 0 Å². The number of hydrogen-bond donors (Lipinski definition) is 3. The number of aliphatic carboxylic acids is 1. The Kier molecular flexibility index (Phi) is 8.59. The van der Waals surface area contributed by atoms with Crippen LogP contribution in [-0.2, 0) is 14.4 Å². The van der Waals surface area contributed by atoms with E-state index in [1.54, 1.807) is 0 Å². The number of rotatable bonds is 9. The first-order valence-electron chi connectivity index (χ1n) is 7.00. The van der Waals surface area contributed by atoms with E-state index in [2.05, 4.69) is 10.6 Å². The molecule has 2 atom stereocenters. The highest BCUT2D eigenvalue weighted by atomic mass is 16.4. The van der Waals surface area contributed by atoms with Crippen molar-refractivity contribution < 1.29 is 19.5 Å². The van der Waals surface area contributed by atoms with Crippen molar-refractivity contribution in [1.29, 1.82) is 0 Å². The Balaban J connectivity index is 4.06. The normalized spacial score (nSPS) is 13.7. The van der Waals surface area contributed by atoms with E-state index in [-0.39, 0.29) is 30.1 Å². The van der Waals surface area contributed by atoms with E-state index in [0.29, 0.717) is 13.0 Å². The summed E-state index contributed by atoms with van der Waals surface area (Å²) in [7, 11) is 0. The maximum atomic E-state index is 11.9. The lowest BCUT2D eigenvalue weighted by Gasteiger charge is -2.21. The highest BCUT2D eigenvalue weighted by Crippen LogP contribution is 2.09. The van der Waals surface area contributed by atoms with Gasteiger partial charge >= 0.3 is 5.97 Å². The molecule has 0 fully saturated rings. The van der Waals surface area contributed by atoms with Crippen molar-refractivity contribution in [3.05, 3.63) is 0 Å². The smallest absolute Gasteiger partial charge is 0.303 e. The Morgan fingerprint density at radius 2 is 1.70 bits per heavy atom. The molecular weight excluding hydrogens is 260 g/mol. The third-order valence-corrected chi connectivity index (χ3v) is 3.10. The van der Waals surface area contributed by atoms with Gasteiger partial charge in [0, 0.05) is 19.9 Å². The van der Waals surface area contributed by atoms with E-state index in [1.807, 2.05) is 20.8 Å². The summed E-state index contributed by atoms with van der Waals surface area (Å²) in [5.74, 6) is -0.964. The van der Waals surface area contributed by atoms with E-state index in [0.717, 1.165) is 6.42 Å². The molecule has 20 heavy (non-hydrogen) atoms. The highest BCUT2D eigenvalue weighted by Gasteiger charge is 2.22. The zero-order valence-corrected chi connectivity index (χ0v) is 12.7. The molecule has 2 amide bonds. The molecule has 0 aliphatic carbocycles. The number of hydrogen-bond acceptors (Lipinski definition) is 3. The van der Waals surface area contributed by atoms with Gasteiger partial charge in [-0.3, -0.25) is 14.4 Å². The van der Waals surface area contributed by atoms with Crippen LogP contribution >= 0.6 is 0 Å². The molecule has 6 heteroatoms. The van der Waals surface area contributed by atoms with Gasteiger partial charge in [-0.05, 0) is 24.7 Å². The molecule has 0 heterocycles. The fourth-order valence-corrected chi connectivity index (χ4v) is 1.82. The molecule has 0 aliphatic heterocycles. The lowest BCUT2D eigenvalue weighted by atomic mass is 10.0. The van der Waals surface area contributed by atoms with Crippen LogP contribution in [0.3, 0.4) is 0 Å². The fourth-order valence-electron chi connectivity index (χ4n) is 1.82. The monoisotopic (exact) mass is 286 g/mol. The Morgan fingerprint density at radius 1 is 1.10 bits per heavy atom. The summed E-state index contributed by atoms with van der Waals surface area (Å²) in [6.07, 6.45) is 1.48. The van der Waals surface area contributed by atoms with E-state index < -0.39 is 12.0 Å². The number of carboxylic acid groups (broad SMARTS) is 1.